The summed E-state index contributed by atoms with van der Waals surface area (Å²) < 4.78 is 49.0. The third kappa shape index (κ3) is 5.88. The van der Waals surface area contributed by atoms with Gasteiger partial charge >= 0.3 is 21.1 Å². The van der Waals surface area contributed by atoms with Crippen LogP contribution in [-0.4, -0.2) is 33.9 Å². The first-order valence-electron chi connectivity index (χ1n) is 17.0. The normalized spacial score (nSPS) is 16.2. The molecule has 0 radical (unpaired) electrons. The molecule has 10 heteroatoms. The van der Waals surface area contributed by atoms with Gasteiger partial charge in [-0.25, -0.2) is 19.9 Å². The molecule has 4 aromatic rings. The zero-order chi connectivity index (χ0) is 36.0. The summed E-state index contributed by atoms with van der Waals surface area (Å²) in [5.74, 6) is 1.75. The SMILES string of the molecule is [2H]C([2H])([2H])N1[CH-]N(c2[c-]c(N3[CH-]N(C([2H])([2H])[2H])c4nccnc43)cc(-c3c(C(C)C)cc(C(C)C)cc3C(C)C)c2)c2nccnc21.[C-]#N.[Pt+4]. The molecule has 0 unspecified atom stereocenters. The summed E-state index contributed by atoms with van der Waals surface area (Å²) in [6.07, 6.45) is 5.94. The standard InChI is InChI=1S/C33H37N8.CN.Pt/c1-20(2)23-15-27(21(3)4)29(28(16-23)22(5)6)24-13-25(40-18-38(7)30-32(40)36-11-9-34-30)17-26(14-24)41-19-39(8)31-33(41)37-12-10-35-31;1-2;/h9-16,18-22H,1-8H3;;/q-3;-1;+4/i7D3,8D3;;. The molecule has 0 aliphatic carbocycles. The van der Waals surface area contributed by atoms with E-state index in [4.69, 9.17) is 20.1 Å². The summed E-state index contributed by atoms with van der Waals surface area (Å²) in [4.78, 5) is 23.2. The van der Waals surface area contributed by atoms with E-state index in [1.165, 1.54) is 54.8 Å². The number of hydrogen-bond acceptors (Lipinski definition) is 9. The maximum Gasteiger partial charge on any atom is 4.00 e. The number of anilines is 6. The van der Waals surface area contributed by atoms with Gasteiger partial charge in [0.15, 0.2) is 0 Å². The molecule has 2 aliphatic rings. The van der Waals surface area contributed by atoms with E-state index in [9.17, 15) is 0 Å². The molecule has 0 saturated heterocycles. The van der Waals surface area contributed by atoms with E-state index in [1.54, 1.807) is 9.80 Å². The minimum Gasteiger partial charge on any atom is -0.512 e. The number of fused-ring (bicyclic) bond motifs is 2. The minimum absolute atomic E-state index is 0. The number of nitrogens with zero attached hydrogens (tertiary/aromatic N) is 9. The van der Waals surface area contributed by atoms with Crippen LogP contribution in [-0.2, 0) is 21.1 Å². The van der Waals surface area contributed by atoms with E-state index < -0.39 is 14.0 Å². The molecule has 9 nitrogen and oxygen atoms in total. The van der Waals surface area contributed by atoms with Gasteiger partial charge in [-0.1, -0.05) is 53.7 Å². The molecule has 4 heterocycles. The molecule has 228 valence electrons. The van der Waals surface area contributed by atoms with Gasteiger partial charge in [-0.15, -0.1) is 48.5 Å². The Balaban J connectivity index is 0.00000184. The van der Waals surface area contributed by atoms with Gasteiger partial charge in [0.25, 0.3) is 0 Å². The van der Waals surface area contributed by atoms with Crippen molar-refractivity contribution in [3.8, 4) is 11.1 Å². The molecule has 0 N–H and O–H groups in total. The topological polar surface area (TPSA) is 88.3 Å². The summed E-state index contributed by atoms with van der Waals surface area (Å²) in [7, 11) is 0. The average Bonchev–Trinajstić information content (AvgIpc) is 3.65. The van der Waals surface area contributed by atoms with Crippen molar-refractivity contribution >= 4 is 34.6 Å². The van der Waals surface area contributed by atoms with Crippen molar-refractivity contribution in [2.45, 2.75) is 59.3 Å². The van der Waals surface area contributed by atoms with E-state index in [0.717, 1.165) is 20.9 Å². The van der Waals surface area contributed by atoms with Gasteiger partial charge in [0, 0.05) is 33.0 Å². The summed E-state index contributed by atoms with van der Waals surface area (Å²) >= 11 is 0. The van der Waals surface area contributed by atoms with Crippen LogP contribution in [0.15, 0.2) is 49.1 Å². The van der Waals surface area contributed by atoms with E-state index in [1.807, 2.05) is 12.1 Å². The fourth-order valence-electron chi connectivity index (χ4n) is 5.36. The first-order chi connectivity index (χ1) is 23.1. The predicted molar refractivity (Wildman–Crippen MR) is 172 cm³/mol. The predicted octanol–water partition coefficient (Wildman–Crippen LogP) is 7.61. The summed E-state index contributed by atoms with van der Waals surface area (Å²) in [5.41, 5.74) is 6.51. The largest absolute Gasteiger partial charge is 4.00 e. The Morgan fingerprint density at radius 2 is 1.09 bits per heavy atom. The monoisotopic (exact) mass is 772 g/mol. The van der Waals surface area contributed by atoms with Gasteiger partial charge in [0.2, 0.25) is 0 Å². The van der Waals surface area contributed by atoms with Crippen LogP contribution < -0.4 is 19.6 Å². The van der Waals surface area contributed by atoms with Crippen molar-refractivity contribution < 1.29 is 29.3 Å². The number of aromatic nitrogens is 4. The van der Waals surface area contributed by atoms with Crippen LogP contribution in [0.4, 0.5) is 34.6 Å². The van der Waals surface area contributed by atoms with Gasteiger partial charge in [-0.3, -0.25) is 0 Å². The summed E-state index contributed by atoms with van der Waals surface area (Å²) in [6, 6.07) is 11.9. The van der Waals surface area contributed by atoms with Crippen molar-refractivity contribution in [1.82, 2.24) is 19.9 Å². The van der Waals surface area contributed by atoms with Crippen LogP contribution >= 0.6 is 0 Å². The molecular formula is C34H37N9Pt. The summed E-state index contributed by atoms with van der Waals surface area (Å²) in [6.45, 7) is 15.7. The van der Waals surface area contributed by atoms with Crippen LogP contribution in [0.3, 0.4) is 0 Å². The van der Waals surface area contributed by atoms with E-state index in [2.05, 4.69) is 79.7 Å². The van der Waals surface area contributed by atoms with Crippen LogP contribution in [0, 0.1) is 31.2 Å². The van der Waals surface area contributed by atoms with Crippen molar-refractivity contribution in [3.05, 3.63) is 91.7 Å². The quantitative estimate of drug-likeness (QED) is 0.184. The van der Waals surface area contributed by atoms with Crippen molar-refractivity contribution in [3.63, 3.8) is 0 Å². The maximum atomic E-state index is 8.17. The fourth-order valence-corrected chi connectivity index (χ4v) is 5.36. The van der Waals surface area contributed by atoms with Gasteiger partial charge in [-0.2, -0.15) is 0 Å². The second kappa shape index (κ2) is 13.3. The second-order valence-corrected chi connectivity index (χ2v) is 11.3. The zero-order valence-electron chi connectivity index (χ0n) is 31.3. The number of rotatable bonds is 6. The van der Waals surface area contributed by atoms with Crippen LogP contribution in [0.5, 0.6) is 0 Å². The van der Waals surface area contributed by atoms with Crippen LogP contribution in [0.25, 0.3) is 11.1 Å². The molecule has 0 saturated carbocycles. The molecule has 0 fully saturated rings. The minimum atomic E-state index is -2.51. The first kappa shape index (κ1) is 25.3. The Morgan fingerprint density at radius 3 is 1.45 bits per heavy atom. The first-order valence-corrected chi connectivity index (χ1v) is 14.0. The van der Waals surface area contributed by atoms with Crippen LogP contribution in [0.2, 0.25) is 0 Å². The van der Waals surface area contributed by atoms with Crippen molar-refractivity contribution in [1.29, 1.82) is 5.26 Å². The Morgan fingerprint density at radius 1 is 0.682 bits per heavy atom. The second-order valence-electron chi connectivity index (χ2n) is 11.3. The van der Waals surface area contributed by atoms with E-state index in [-0.39, 0.29) is 44.5 Å². The smallest absolute Gasteiger partial charge is 0.512 e. The van der Waals surface area contributed by atoms with Crippen molar-refractivity contribution in [2.24, 2.45) is 0 Å². The molecule has 44 heavy (non-hydrogen) atoms. The Kier molecular flexibility index (Phi) is 7.66. The van der Waals surface area contributed by atoms with Crippen molar-refractivity contribution in [2.75, 3.05) is 33.6 Å². The fraction of sp³-hybridized carbons (Fsp3) is 0.324. The Hall–Kier alpha value is -4.02. The molecule has 2 aromatic heterocycles. The molecule has 0 bridgehead atoms. The Bertz CT molecular complexity index is 1740. The Labute approximate surface area is 284 Å². The van der Waals surface area contributed by atoms with E-state index in [0.29, 0.717) is 28.9 Å². The summed E-state index contributed by atoms with van der Waals surface area (Å²) in [5, 5.41) is 6.25. The molecule has 2 aromatic carbocycles. The maximum absolute atomic E-state index is 8.17. The third-order valence-electron chi connectivity index (χ3n) is 7.48. The molecule has 0 amide bonds. The molecular weight excluding hydrogens is 730 g/mol. The molecule has 6 rings (SSSR count). The zero-order valence-corrected chi connectivity index (χ0v) is 27.6. The average molecular weight is 773 g/mol. The number of hydrogen-bond donors (Lipinski definition) is 0. The van der Waals surface area contributed by atoms with Crippen LogP contribution in [0.1, 0.15) is 84.2 Å². The third-order valence-corrected chi connectivity index (χ3v) is 7.48. The molecule has 0 atom stereocenters. The van der Waals surface area contributed by atoms with Gasteiger partial charge in [0.1, 0.15) is 23.3 Å². The molecule has 2 aliphatic heterocycles. The van der Waals surface area contributed by atoms with Gasteiger partial charge in [0.05, 0.1) is 0 Å². The van der Waals surface area contributed by atoms with E-state index >= 15 is 0 Å². The van der Waals surface area contributed by atoms with Gasteiger partial charge in [-0.05, 0) is 54.0 Å². The van der Waals surface area contributed by atoms with Gasteiger partial charge < -0.3 is 31.4 Å². The molecule has 0 spiro atoms. The number of benzene rings is 2.